The Kier molecular flexibility index (Phi) is 4.70. The Labute approximate surface area is 126 Å². The summed E-state index contributed by atoms with van der Waals surface area (Å²) in [6.45, 7) is 4.05. The lowest BCUT2D eigenvalue weighted by molar-refractivity contribution is -0.384. The topological polar surface area (TPSA) is 72.2 Å². The third-order valence-corrected chi connectivity index (χ3v) is 4.08. The number of benzene rings is 1. The molecule has 0 aliphatic rings. The van der Waals surface area contributed by atoms with E-state index in [0.29, 0.717) is 5.56 Å². The molecule has 1 aromatic carbocycles. The van der Waals surface area contributed by atoms with Crippen LogP contribution < -0.4 is 5.32 Å². The molecule has 110 valence electrons. The molecule has 0 aliphatic carbocycles. The van der Waals surface area contributed by atoms with Crippen LogP contribution in [0, 0.1) is 16.0 Å². The molecule has 5 nitrogen and oxygen atoms in total. The van der Waals surface area contributed by atoms with Crippen LogP contribution in [0.15, 0.2) is 41.8 Å². The van der Waals surface area contributed by atoms with E-state index in [4.69, 9.17) is 0 Å². The first-order valence-corrected chi connectivity index (χ1v) is 7.45. The van der Waals surface area contributed by atoms with Gasteiger partial charge >= 0.3 is 0 Å². The van der Waals surface area contributed by atoms with Crippen LogP contribution in [0.3, 0.4) is 0 Å². The first-order chi connectivity index (χ1) is 9.99. The fourth-order valence-corrected chi connectivity index (χ4v) is 2.97. The SMILES string of the molecule is CC(C)C(NC(=O)c1cccc([N+](=O)[O-])c1)c1cccs1. The molecule has 0 fully saturated rings. The largest absolute Gasteiger partial charge is 0.344 e. The maximum atomic E-state index is 12.3. The summed E-state index contributed by atoms with van der Waals surface area (Å²) in [5.74, 6) is -0.0721. The highest BCUT2D eigenvalue weighted by Crippen LogP contribution is 2.26. The number of thiophene rings is 1. The number of nitro groups is 1. The summed E-state index contributed by atoms with van der Waals surface area (Å²) < 4.78 is 0. The molecule has 2 aromatic rings. The molecule has 0 saturated heterocycles. The Morgan fingerprint density at radius 1 is 1.29 bits per heavy atom. The number of hydrogen-bond donors (Lipinski definition) is 1. The zero-order valence-electron chi connectivity index (χ0n) is 11.8. The van der Waals surface area contributed by atoms with Crippen LogP contribution in [-0.4, -0.2) is 10.8 Å². The maximum Gasteiger partial charge on any atom is 0.270 e. The zero-order chi connectivity index (χ0) is 15.4. The van der Waals surface area contributed by atoms with Gasteiger partial charge in [0.05, 0.1) is 11.0 Å². The van der Waals surface area contributed by atoms with Crippen molar-refractivity contribution in [3.05, 3.63) is 62.3 Å². The summed E-state index contributed by atoms with van der Waals surface area (Å²) >= 11 is 1.58. The molecule has 1 amide bonds. The monoisotopic (exact) mass is 304 g/mol. The second-order valence-electron chi connectivity index (χ2n) is 5.02. The van der Waals surface area contributed by atoms with Crippen molar-refractivity contribution in [1.82, 2.24) is 5.32 Å². The first kappa shape index (κ1) is 15.2. The maximum absolute atomic E-state index is 12.3. The molecule has 0 saturated carbocycles. The normalized spacial score (nSPS) is 12.1. The van der Waals surface area contributed by atoms with E-state index in [-0.39, 0.29) is 23.6 Å². The summed E-state index contributed by atoms with van der Waals surface area (Å²) in [7, 11) is 0. The van der Waals surface area contributed by atoms with Gasteiger partial charge < -0.3 is 5.32 Å². The molecule has 0 aliphatic heterocycles. The fraction of sp³-hybridized carbons (Fsp3) is 0.267. The second kappa shape index (κ2) is 6.49. The van der Waals surface area contributed by atoms with Gasteiger partial charge in [-0.2, -0.15) is 0 Å². The number of non-ortho nitro benzene ring substituents is 1. The molecule has 1 heterocycles. The van der Waals surface area contributed by atoms with Crippen molar-refractivity contribution < 1.29 is 9.72 Å². The van der Waals surface area contributed by atoms with E-state index in [1.807, 2.05) is 31.4 Å². The molecule has 21 heavy (non-hydrogen) atoms. The number of nitro benzene ring substituents is 1. The van der Waals surface area contributed by atoms with Gasteiger partial charge in [-0.15, -0.1) is 11.3 Å². The number of carbonyl (C=O) groups excluding carboxylic acids is 1. The van der Waals surface area contributed by atoms with E-state index in [1.165, 1.54) is 18.2 Å². The minimum atomic E-state index is -0.504. The van der Waals surface area contributed by atoms with Crippen LogP contribution in [0.1, 0.15) is 35.1 Å². The number of nitrogens with one attached hydrogen (secondary N) is 1. The van der Waals surface area contributed by atoms with Crippen LogP contribution in [0.25, 0.3) is 0 Å². The Morgan fingerprint density at radius 2 is 2.05 bits per heavy atom. The summed E-state index contributed by atoms with van der Waals surface area (Å²) in [5, 5.41) is 15.7. The molecule has 6 heteroatoms. The van der Waals surface area contributed by atoms with E-state index in [0.717, 1.165) is 4.88 Å². The van der Waals surface area contributed by atoms with Crippen molar-refractivity contribution in [2.45, 2.75) is 19.9 Å². The molecule has 0 spiro atoms. The van der Waals surface area contributed by atoms with Gasteiger partial charge in [0.25, 0.3) is 11.6 Å². The summed E-state index contributed by atoms with van der Waals surface area (Å²) in [5.41, 5.74) is 0.214. The summed E-state index contributed by atoms with van der Waals surface area (Å²) in [6.07, 6.45) is 0. The van der Waals surface area contributed by atoms with Crippen LogP contribution in [0.5, 0.6) is 0 Å². The number of amides is 1. The quantitative estimate of drug-likeness (QED) is 0.675. The van der Waals surface area contributed by atoms with Crippen molar-refractivity contribution >= 4 is 22.9 Å². The lowest BCUT2D eigenvalue weighted by Crippen LogP contribution is -2.31. The minimum absolute atomic E-state index is 0.0835. The lowest BCUT2D eigenvalue weighted by atomic mass is 10.0. The molecule has 1 atom stereocenters. The molecule has 0 radical (unpaired) electrons. The lowest BCUT2D eigenvalue weighted by Gasteiger charge is -2.21. The van der Waals surface area contributed by atoms with Gasteiger partial charge in [0.15, 0.2) is 0 Å². The van der Waals surface area contributed by atoms with Crippen molar-refractivity contribution in [3.8, 4) is 0 Å². The number of nitrogens with zero attached hydrogens (tertiary/aromatic N) is 1. The average Bonchev–Trinajstić information content (AvgIpc) is 2.98. The Hall–Kier alpha value is -2.21. The number of rotatable bonds is 5. The van der Waals surface area contributed by atoms with E-state index >= 15 is 0 Å². The van der Waals surface area contributed by atoms with Crippen molar-refractivity contribution in [1.29, 1.82) is 0 Å². The third-order valence-electron chi connectivity index (χ3n) is 3.12. The smallest absolute Gasteiger partial charge is 0.270 e. The minimum Gasteiger partial charge on any atom is -0.344 e. The third kappa shape index (κ3) is 3.66. The fourth-order valence-electron chi connectivity index (χ4n) is 2.02. The van der Waals surface area contributed by atoms with Crippen molar-refractivity contribution in [2.75, 3.05) is 0 Å². The Balaban J connectivity index is 2.20. The number of carbonyl (C=O) groups is 1. The highest BCUT2D eigenvalue weighted by molar-refractivity contribution is 7.10. The molecule has 0 bridgehead atoms. The predicted molar refractivity (Wildman–Crippen MR) is 82.5 cm³/mol. The Bertz CT molecular complexity index is 638. The van der Waals surface area contributed by atoms with Gasteiger partial charge in [-0.1, -0.05) is 26.0 Å². The van der Waals surface area contributed by atoms with Gasteiger partial charge in [0, 0.05) is 22.6 Å². The second-order valence-corrected chi connectivity index (χ2v) is 6.00. The number of hydrogen-bond acceptors (Lipinski definition) is 4. The summed E-state index contributed by atoms with van der Waals surface area (Å²) in [4.78, 5) is 23.6. The highest BCUT2D eigenvalue weighted by Gasteiger charge is 2.20. The first-order valence-electron chi connectivity index (χ1n) is 6.57. The molecule has 2 rings (SSSR count). The van der Waals surface area contributed by atoms with Gasteiger partial charge in [-0.25, -0.2) is 0 Å². The average molecular weight is 304 g/mol. The van der Waals surface area contributed by atoms with Gasteiger partial charge in [0.2, 0.25) is 0 Å². The Morgan fingerprint density at radius 3 is 2.62 bits per heavy atom. The van der Waals surface area contributed by atoms with E-state index in [9.17, 15) is 14.9 Å². The highest BCUT2D eigenvalue weighted by atomic mass is 32.1. The molecule has 1 aromatic heterocycles. The molecular weight excluding hydrogens is 288 g/mol. The van der Waals surface area contributed by atoms with Gasteiger partial charge in [-0.3, -0.25) is 14.9 Å². The van der Waals surface area contributed by atoms with Crippen LogP contribution in [0.2, 0.25) is 0 Å². The predicted octanol–water partition coefficient (Wildman–Crippen LogP) is 3.78. The zero-order valence-corrected chi connectivity index (χ0v) is 12.6. The van der Waals surface area contributed by atoms with Crippen molar-refractivity contribution in [2.24, 2.45) is 5.92 Å². The van der Waals surface area contributed by atoms with Gasteiger partial charge in [-0.05, 0) is 23.4 Å². The van der Waals surface area contributed by atoms with E-state index in [1.54, 1.807) is 17.4 Å². The van der Waals surface area contributed by atoms with Crippen LogP contribution in [0.4, 0.5) is 5.69 Å². The molecular formula is C15H16N2O3S. The van der Waals surface area contributed by atoms with Crippen LogP contribution >= 0.6 is 11.3 Å². The summed E-state index contributed by atoms with van der Waals surface area (Å²) in [6, 6.07) is 9.57. The van der Waals surface area contributed by atoms with Gasteiger partial charge in [0.1, 0.15) is 0 Å². The van der Waals surface area contributed by atoms with E-state index in [2.05, 4.69) is 5.32 Å². The van der Waals surface area contributed by atoms with Crippen molar-refractivity contribution in [3.63, 3.8) is 0 Å². The standard InChI is InChI=1S/C15H16N2O3S/c1-10(2)14(13-7-4-8-21-13)16-15(18)11-5-3-6-12(9-11)17(19)20/h3-10,14H,1-2H3,(H,16,18). The molecule has 1 N–H and O–H groups in total. The van der Waals surface area contributed by atoms with E-state index < -0.39 is 4.92 Å². The molecule has 1 unspecified atom stereocenters. The van der Waals surface area contributed by atoms with Crippen LogP contribution in [-0.2, 0) is 0 Å².